The average molecular weight is 490 g/mol. The number of benzene rings is 2. The lowest BCUT2D eigenvalue weighted by Crippen LogP contribution is -2.53. The number of hydrogen-bond acceptors (Lipinski definition) is 5. The average Bonchev–Trinajstić information content (AvgIpc) is 3.34. The number of halogens is 2. The van der Waals surface area contributed by atoms with Crippen molar-refractivity contribution < 1.29 is 9.18 Å². The molecule has 6 nitrogen and oxygen atoms in total. The highest BCUT2D eigenvalue weighted by molar-refractivity contribution is 6.30. The van der Waals surface area contributed by atoms with Crippen LogP contribution >= 0.6 is 11.6 Å². The summed E-state index contributed by atoms with van der Waals surface area (Å²) < 4.78 is 17.5. The van der Waals surface area contributed by atoms with Gasteiger partial charge in [-0.3, -0.25) is 9.20 Å². The Balaban J connectivity index is 1.52. The number of carbonyl (C=O) groups excluding carboxylic acids is 1. The maximum atomic E-state index is 15.5. The molecule has 4 heterocycles. The first-order valence-corrected chi connectivity index (χ1v) is 12.3. The molecule has 2 saturated heterocycles. The summed E-state index contributed by atoms with van der Waals surface area (Å²) in [6, 6.07) is 14.9. The van der Waals surface area contributed by atoms with Crippen LogP contribution in [0.5, 0.6) is 0 Å². The second-order valence-electron chi connectivity index (χ2n) is 9.43. The van der Waals surface area contributed by atoms with Crippen molar-refractivity contribution in [3.8, 4) is 11.3 Å². The van der Waals surface area contributed by atoms with E-state index in [4.69, 9.17) is 16.6 Å². The Labute approximate surface area is 207 Å². The minimum atomic E-state index is -0.446. The molecule has 2 bridgehead atoms. The van der Waals surface area contributed by atoms with Gasteiger partial charge < -0.3 is 10.2 Å². The van der Waals surface area contributed by atoms with Crippen LogP contribution < -0.4 is 10.2 Å². The SMILES string of the molecule is O=Cc1cccc(N2C3CCNCC2(Cc2c(-c4ccc(Cl)cc4)nc4ncccn24)CC3)c1F. The molecule has 2 aliphatic rings. The molecule has 0 spiro atoms. The van der Waals surface area contributed by atoms with Gasteiger partial charge in [0.15, 0.2) is 12.1 Å². The van der Waals surface area contributed by atoms with Crippen molar-refractivity contribution in [2.75, 3.05) is 18.0 Å². The van der Waals surface area contributed by atoms with Gasteiger partial charge in [0.05, 0.1) is 28.2 Å². The Morgan fingerprint density at radius 3 is 2.86 bits per heavy atom. The van der Waals surface area contributed by atoms with Crippen molar-refractivity contribution in [3.63, 3.8) is 0 Å². The van der Waals surface area contributed by atoms with E-state index in [1.54, 1.807) is 18.3 Å². The normalized spacial score (nSPS) is 21.9. The van der Waals surface area contributed by atoms with Crippen LogP contribution in [0.3, 0.4) is 0 Å². The van der Waals surface area contributed by atoms with Crippen LogP contribution in [0.2, 0.25) is 5.02 Å². The smallest absolute Gasteiger partial charge is 0.234 e. The predicted octanol–water partition coefficient (Wildman–Crippen LogP) is 4.94. The summed E-state index contributed by atoms with van der Waals surface area (Å²) in [5.41, 5.74) is 3.05. The van der Waals surface area contributed by atoms with Crippen LogP contribution in [0.15, 0.2) is 60.9 Å². The summed E-state index contributed by atoms with van der Waals surface area (Å²) in [7, 11) is 0. The van der Waals surface area contributed by atoms with Crippen LogP contribution in [0.4, 0.5) is 10.1 Å². The van der Waals surface area contributed by atoms with E-state index >= 15 is 4.39 Å². The Kier molecular flexibility index (Phi) is 5.54. The number of nitrogens with zero attached hydrogens (tertiary/aromatic N) is 4. The zero-order valence-electron chi connectivity index (χ0n) is 19.1. The Bertz CT molecular complexity index is 1400. The largest absolute Gasteiger partial charge is 0.359 e. The highest BCUT2D eigenvalue weighted by Gasteiger charge is 2.49. The van der Waals surface area contributed by atoms with Crippen LogP contribution in [0, 0.1) is 5.82 Å². The van der Waals surface area contributed by atoms with Crippen molar-refractivity contribution >= 4 is 29.4 Å². The zero-order valence-corrected chi connectivity index (χ0v) is 19.9. The molecular weight excluding hydrogens is 465 g/mol. The number of rotatable bonds is 5. The lowest BCUT2D eigenvalue weighted by Gasteiger charge is -2.42. The first-order chi connectivity index (χ1) is 17.1. The third kappa shape index (κ3) is 3.70. The van der Waals surface area contributed by atoms with E-state index in [0.29, 0.717) is 35.7 Å². The van der Waals surface area contributed by atoms with Gasteiger partial charge in [0, 0.05) is 42.0 Å². The van der Waals surface area contributed by atoms with Crippen molar-refractivity contribution in [1.29, 1.82) is 0 Å². The maximum absolute atomic E-state index is 15.5. The summed E-state index contributed by atoms with van der Waals surface area (Å²) in [4.78, 5) is 23.1. The molecule has 8 heteroatoms. The number of fused-ring (bicyclic) bond motifs is 3. The number of nitrogens with one attached hydrogen (secondary N) is 1. The first-order valence-electron chi connectivity index (χ1n) is 11.9. The molecule has 2 aliphatic heterocycles. The summed E-state index contributed by atoms with van der Waals surface area (Å²) >= 11 is 6.15. The molecule has 0 saturated carbocycles. The van der Waals surface area contributed by atoms with E-state index in [1.807, 2.05) is 40.9 Å². The van der Waals surface area contributed by atoms with Crippen LogP contribution in [0.25, 0.3) is 17.0 Å². The molecule has 2 fully saturated rings. The second-order valence-corrected chi connectivity index (χ2v) is 9.87. The number of aldehydes is 1. The monoisotopic (exact) mass is 489 g/mol. The van der Waals surface area contributed by atoms with Gasteiger partial charge in [0.2, 0.25) is 5.78 Å². The molecule has 0 amide bonds. The number of hydrogen-bond donors (Lipinski definition) is 1. The molecule has 2 aromatic heterocycles. The fraction of sp³-hybridized carbons (Fsp3) is 0.296. The quantitative estimate of drug-likeness (QED) is 0.402. The summed E-state index contributed by atoms with van der Waals surface area (Å²) in [6.45, 7) is 1.58. The predicted molar refractivity (Wildman–Crippen MR) is 135 cm³/mol. The molecule has 2 atom stereocenters. The van der Waals surface area contributed by atoms with Gasteiger partial charge in [-0.1, -0.05) is 29.8 Å². The summed E-state index contributed by atoms with van der Waals surface area (Å²) in [6.07, 6.45) is 7.76. The molecule has 35 heavy (non-hydrogen) atoms. The second kappa shape index (κ2) is 8.73. The topological polar surface area (TPSA) is 62.5 Å². The molecule has 1 N–H and O–H groups in total. The minimum Gasteiger partial charge on any atom is -0.359 e. The van der Waals surface area contributed by atoms with Gasteiger partial charge in [-0.15, -0.1) is 0 Å². The van der Waals surface area contributed by atoms with Crippen molar-refractivity contribution in [2.45, 2.75) is 37.3 Å². The van der Waals surface area contributed by atoms with Gasteiger partial charge >= 0.3 is 0 Å². The number of anilines is 1. The third-order valence-corrected chi connectivity index (χ3v) is 7.69. The molecule has 4 aromatic rings. The molecule has 178 valence electrons. The van der Waals surface area contributed by atoms with Gasteiger partial charge in [-0.25, -0.2) is 14.4 Å². The molecular formula is C27H25ClFN5O. The van der Waals surface area contributed by atoms with Crippen molar-refractivity contribution in [3.05, 3.63) is 83.0 Å². The van der Waals surface area contributed by atoms with Crippen molar-refractivity contribution in [2.24, 2.45) is 0 Å². The van der Waals surface area contributed by atoms with E-state index in [1.165, 1.54) is 6.07 Å². The number of imidazole rings is 1. The zero-order chi connectivity index (χ0) is 24.0. The van der Waals surface area contributed by atoms with E-state index in [0.717, 1.165) is 42.8 Å². The Hall–Kier alpha value is -3.29. The fourth-order valence-electron chi connectivity index (χ4n) is 5.87. The summed E-state index contributed by atoms with van der Waals surface area (Å²) in [5.74, 6) is 0.180. The summed E-state index contributed by atoms with van der Waals surface area (Å²) in [5, 5.41) is 4.26. The van der Waals surface area contributed by atoms with Crippen molar-refractivity contribution in [1.82, 2.24) is 19.7 Å². The van der Waals surface area contributed by atoms with E-state index in [-0.39, 0.29) is 17.1 Å². The van der Waals surface area contributed by atoms with Gasteiger partial charge in [0.25, 0.3) is 0 Å². The maximum Gasteiger partial charge on any atom is 0.234 e. The first kappa shape index (κ1) is 22.2. The molecule has 6 rings (SSSR count). The third-order valence-electron chi connectivity index (χ3n) is 7.44. The molecule has 2 unspecified atom stereocenters. The lowest BCUT2D eigenvalue weighted by atomic mass is 9.88. The molecule has 2 aromatic carbocycles. The van der Waals surface area contributed by atoms with Crippen LogP contribution in [0.1, 0.15) is 35.3 Å². The standard InChI is InChI=1S/C27H25ClFN5O/c28-20-7-5-18(6-8-20)25-23(33-14-2-12-31-26(33)32-25)15-27-11-9-21(10-13-30-17-27)34(27)22-4-1-3-19(16-35)24(22)29/h1-8,12,14,16,21,30H,9-11,13,15,17H2. The Morgan fingerprint density at radius 2 is 2.03 bits per heavy atom. The highest BCUT2D eigenvalue weighted by Crippen LogP contribution is 2.44. The highest BCUT2D eigenvalue weighted by atomic mass is 35.5. The van der Waals surface area contributed by atoms with Gasteiger partial charge in [-0.2, -0.15) is 0 Å². The number of aromatic nitrogens is 3. The minimum absolute atomic E-state index is 0.0927. The van der Waals surface area contributed by atoms with E-state index in [2.05, 4.69) is 15.2 Å². The lowest BCUT2D eigenvalue weighted by molar-refractivity contribution is 0.111. The van der Waals surface area contributed by atoms with Crippen LogP contribution in [-0.2, 0) is 6.42 Å². The Morgan fingerprint density at radius 1 is 1.17 bits per heavy atom. The van der Waals surface area contributed by atoms with Gasteiger partial charge in [-0.05, 0) is 56.1 Å². The molecule has 0 radical (unpaired) electrons. The van der Waals surface area contributed by atoms with E-state index in [9.17, 15) is 4.79 Å². The van der Waals surface area contributed by atoms with Gasteiger partial charge in [0.1, 0.15) is 0 Å². The number of carbonyl (C=O) groups is 1. The fourth-order valence-corrected chi connectivity index (χ4v) is 5.99. The molecule has 0 aliphatic carbocycles. The van der Waals surface area contributed by atoms with Crippen LogP contribution in [-0.4, -0.2) is 45.3 Å². The van der Waals surface area contributed by atoms with E-state index < -0.39 is 5.82 Å².